The first kappa shape index (κ1) is 23.4. The fraction of sp³-hybridized carbons (Fsp3) is 0.240. The third kappa shape index (κ3) is 4.51. The lowest BCUT2D eigenvalue weighted by Gasteiger charge is -2.35. The van der Waals surface area contributed by atoms with Gasteiger partial charge in [-0.25, -0.2) is 8.42 Å². The van der Waals surface area contributed by atoms with Crippen molar-refractivity contribution in [2.24, 2.45) is 0 Å². The Hall–Kier alpha value is -3.72. The number of hydrogen-bond donors (Lipinski definition) is 1. The number of carbonyl (C=O) groups is 1. The smallest absolute Gasteiger partial charge is 0.267 e. The van der Waals surface area contributed by atoms with Gasteiger partial charge in [-0.2, -0.15) is 0 Å². The highest BCUT2D eigenvalue weighted by Crippen LogP contribution is 2.38. The van der Waals surface area contributed by atoms with Crippen LogP contribution in [-0.4, -0.2) is 41.2 Å². The Kier molecular flexibility index (Phi) is 6.39. The number of amides is 1. The zero-order chi connectivity index (χ0) is 24.5. The Balaban J connectivity index is 1.69. The third-order valence-electron chi connectivity index (χ3n) is 5.55. The number of aryl methyl sites for hydroxylation is 2. The number of nitrogens with one attached hydrogen (secondary N) is 1. The molecule has 1 N–H and O–H groups in total. The molecule has 1 aliphatic rings. The molecular weight excluding hydrogens is 456 g/mol. The molecule has 178 valence electrons. The third-order valence-corrected chi connectivity index (χ3v) is 7.34. The van der Waals surface area contributed by atoms with E-state index in [0.717, 1.165) is 11.1 Å². The Morgan fingerprint density at radius 2 is 1.68 bits per heavy atom. The minimum atomic E-state index is -3.94. The minimum absolute atomic E-state index is 0.139. The van der Waals surface area contributed by atoms with Crippen molar-refractivity contribution in [2.75, 3.05) is 30.4 Å². The maximum absolute atomic E-state index is 13.6. The van der Waals surface area contributed by atoms with Crippen molar-refractivity contribution in [1.29, 1.82) is 0 Å². The van der Waals surface area contributed by atoms with E-state index >= 15 is 0 Å². The molecule has 8 nitrogen and oxygen atoms in total. The average molecular weight is 483 g/mol. The predicted octanol–water partition coefficient (Wildman–Crippen LogP) is 3.92. The molecule has 1 amide bonds. The van der Waals surface area contributed by atoms with E-state index in [2.05, 4.69) is 5.32 Å². The second kappa shape index (κ2) is 9.26. The summed E-state index contributed by atoms with van der Waals surface area (Å²) in [4.78, 5) is 13.4. The van der Waals surface area contributed by atoms with Gasteiger partial charge in [0.05, 0.1) is 37.0 Å². The number of nitrogens with zero attached hydrogens (tertiary/aromatic N) is 1. The van der Waals surface area contributed by atoms with Crippen LogP contribution in [0.1, 0.15) is 11.1 Å². The first-order chi connectivity index (χ1) is 16.2. The number of methoxy groups -OCH3 is 2. The Bertz CT molecular complexity index is 1320. The fourth-order valence-corrected chi connectivity index (χ4v) is 5.16. The lowest BCUT2D eigenvalue weighted by molar-refractivity contribution is -0.122. The summed E-state index contributed by atoms with van der Waals surface area (Å²) in [7, 11) is -0.931. The van der Waals surface area contributed by atoms with Crippen LogP contribution >= 0.6 is 0 Å². The molecule has 9 heteroatoms. The molecule has 0 saturated heterocycles. The molecule has 0 unspecified atom stereocenters. The van der Waals surface area contributed by atoms with Crippen LogP contribution in [0.2, 0.25) is 0 Å². The van der Waals surface area contributed by atoms with Gasteiger partial charge >= 0.3 is 0 Å². The maximum atomic E-state index is 13.6. The monoisotopic (exact) mass is 482 g/mol. The number of hydrogen-bond acceptors (Lipinski definition) is 6. The van der Waals surface area contributed by atoms with Crippen molar-refractivity contribution < 1.29 is 27.4 Å². The number of rotatable bonds is 6. The summed E-state index contributed by atoms with van der Waals surface area (Å²) in [5.41, 5.74) is 2.59. The molecule has 0 saturated carbocycles. The van der Waals surface area contributed by atoms with Crippen LogP contribution in [0.25, 0.3) is 0 Å². The molecule has 0 spiro atoms. The number of sulfonamides is 1. The number of benzene rings is 3. The van der Waals surface area contributed by atoms with E-state index < -0.39 is 22.0 Å². The van der Waals surface area contributed by atoms with Crippen LogP contribution in [0.4, 0.5) is 11.4 Å². The number of anilines is 2. The number of carbonyl (C=O) groups excluding carboxylic acids is 1. The van der Waals surface area contributed by atoms with Crippen LogP contribution < -0.4 is 23.8 Å². The normalized spacial score (nSPS) is 15.2. The Morgan fingerprint density at radius 1 is 0.971 bits per heavy atom. The van der Waals surface area contributed by atoms with Gasteiger partial charge in [-0.15, -0.1) is 0 Å². The van der Waals surface area contributed by atoms with Gasteiger partial charge in [0.15, 0.2) is 6.10 Å². The van der Waals surface area contributed by atoms with E-state index in [4.69, 9.17) is 14.2 Å². The molecule has 34 heavy (non-hydrogen) atoms. The van der Waals surface area contributed by atoms with Gasteiger partial charge in [0.25, 0.3) is 15.9 Å². The van der Waals surface area contributed by atoms with E-state index in [0.29, 0.717) is 28.6 Å². The molecule has 0 aromatic heterocycles. The summed E-state index contributed by atoms with van der Waals surface area (Å²) in [6.45, 7) is 3.56. The Labute approximate surface area is 199 Å². The highest BCUT2D eigenvalue weighted by molar-refractivity contribution is 7.92. The molecule has 0 fully saturated rings. The van der Waals surface area contributed by atoms with Gasteiger partial charge in [-0.05, 0) is 55.8 Å². The molecule has 0 bridgehead atoms. The van der Waals surface area contributed by atoms with Crippen LogP contribution in [0.5, 0.6) is 17.2 Å². The first-order valence-electron chi connectivity index (χ1n) is 10.6. The summed E-state index contributed by atoms with van der Waals surface area (Å²) in [5, 5.41) is 2.78. The lowest BCUT2D eigenvalue weighted by atomic mass is 10.1. The van der Waals surface area contributed by atoms with Gasteiger partial charge in [-0.1, -0.05) is 23.8 Å². The van der Waals surface area contributed by atoms with Crippen LogP contribution in [0, 0.1) is 13.8 Å². The van der Waals surface area contributed by atoms with Gasteiger partial charge in [-0.3, -0.25) is 9.10 Å². The topological polar surface area (TPSA) is 94.2 Å². The molecular formula is C25H26N2O6S. The van der Waals surface area contributed by atoms with E-state index in [1.165, 1.54) is 18.5 Å². The van der Waals surface area contributed by atoms with Crippen molar-refractivity contribution in [3.05, 3.63) is 71.8 Å². The zero-order valence-electron chi connectivity index (χ0n) is 19.4. The highest BCUT2D eigenvalue weighted by Gasteiger charge is 2.38. The van der Waals surface area contributed by atoms with Crippen molar-refractivity contribution in [1.82, 2.24) is 0 Å². The molecule has 1 heterocycles. The second-order valence-electron chi connectivity index (χ2n) is 7.98. The molecule has 3 aromatic rings. The second-order valence-corrected chi connectivity index (χ2v) is 9.84. The average Bonchev–Trinajstić information content (AvgIpc) is 2.83. The van der Waals surface area contributed by atoms with Crippen LogP contribution in [0.15, 0.2) is 65.6 Å². The van der Waals surface area contributed by atoms with E-state index in [1.54, 1.807) is 60.7 Å². The molecule has 3 aromatic carbocycles. The van der Waals surface area contributed by atoms with Crippen molar-refractivity contribution >= 4 is 27.3 Å². The molecule has 1 aliphatic heterocycles. The van der Waals surface area contributed by atoms with Gasteiger partial charge in [0.2, 0.25) is 0 Å². The molecule has 0 aliphatic carbocycles. The quantitative estimate of drug-likeness (QED) is 0.573. The standard InChI is InChI=1S/C25H26N2O6S/c1-16-5-9-19(10-6-16)34(29,30)27-15-24(33-23-13-17(2)7-11-21(23)27)25(28)26-20-14-18(31-3)8-12-22(20)32-4/h5-14,24H,15H2,1-4H3,(H,26,28)/t24-/m1/s1. The van der Waals surface area contributed by atoms with Gasteiger partial charge in [0, 0.05) is 6.07 Å². The maximum Gasteiger partial charge on any atom is 0.267 e. The number of ether oxygens (including phenoxy) is 3. The zero-order valence-corrected chi connectivity index (χ0v) is 20.2. The van der Waals surface area contributed by atoms with Crippen LogP contribution in [0.3, 0.4) is 0 Å². The summed E-state index contributed by atoms with van der Waals surface area (Å²) in [5.74, 6) is 0.776. The van der Waals surface area contributed by atoms with Crippen molar-refractivity contribution in [2.45, 2.75) is 24.8 Å². The molecule has 4 rings (SSSR count). The summed E-state index contributed by atoms with van der Waals surface area (Å²) >= 11 is 0. The Morgan fingerprint density at radius 3 is 2.35 bits per heavy atom. The van der Waals surface area contributed by atoms with Crippen LogP contribution in [-0.2, 0) is 14.8 Å². The first-order valence-corrected chi connectivity index (χ1v) is 12.1. The van der Waals surface area contributed by atoms with E-state index in [-0.39, 0.29) is 11.4 Å². The largest absolute Gasteiger partial charge is 0.497 e. The predicted molar refractivity (Wildman–Crippen MR) is 129 cm³/mol. The summed E-state index contributed by atoms with van der Waals surface area (Å²) in [6.07, 6.45) is -1.09. The SMILES string of the molecule is COc1ccc(OC)c(NC(=O)[C@H]2CN(S(=O)(=O)c3ccc(C)cc3)c3ccc(C)cc3O2)c1. The number of fused-ring (bicyclic) bond motifs is 1. The summed E-state index contributed by atoms with van der Waals surface area (Å²) < 4.78 is 44.9. The summed E-state index contributed by atoms with van der Waals surface area (Å²) in [6, 6.07) is 16.8. The molecule has 1 atom stereocenters. The lowest BCUT2D eigenvalue weighted by Crippen LogP contribution is -2.48. The van der Waals surface area contributed by atoms with E-state index in [9.17, 15) is 13.2 Å². The highest BCUT2D eigenvalue weighted by atomic mass is 32.2. The minimum Gasteiger partial charge on any atom is -0.497 e. The fourth-order valence-electron chi connectivity index (χ4n) is 3.69. The van der Waals surface area contributed by atoms with Crippen molar-refractivity contribution in [3.8, 4) is 17.2 Å². The van der Waals surface area contributed by atoms with Crippen molar-refractivity contribution in [3.63, 3.8) is 0 Å². The van der Waals surface area contributed by atoms with E-state index in [1.807, 2.05) is 13.8 Å². The molecule has 0 radical (unpaired) electrons. The van der Waals surface area contributed by atoms with Gasteiger partial charge in [0.1, 0.15) is 17.2 Å². The van der Waals surface area contributed by atoms with Gasteiger partial charge < -0.3 is 19.5 Å².